The average molecular weight is 237 g/mol. The average Bonchev–Trinajstić information content (AvgIpc) is 2.55. The van der Waals surface area contributed by atoms with Crippen LogP contribution in [0, 0.1) is 0 Å². The SMILES string of the molecule is C[C@@H]1CN(C(=O)c2cc(N)cn2C)C[C@H](C)O1. The molecule has 0 unspecified atom stereocenters. The molecule has 5 heteroatoms. The quantitative estimate of drug-likeness (QED) is 0.788. The van der Waals surface area contributed by atoms with Crippen molar-refractivity contribution in [3.05, 3.63) is 18.0 Å². The third-order valence-electron chi connectivity index (χ3n) is 2.95. The van der Waals surface area contributed by atoms with Crippen LogP contribution in [0.3, 0.4) is 0 Å². The minimum atomic E-state index is 0.0196. The number of aromatic nitrogens is 1. The molecule has 0 radical (unpaired) electrons. The van der Waals surface area contributed by atoms with E-state index >= 15 is 0 Å². The van der Waals surface area contributed by atoms with Gasteiger partial charge >= 0.3 is 0 Å². The van der Waals surface area contributed by atoms with E-state index in [2.05, 4.69) is 0 Å². The summed E-state index contributed by atoms with van der Waals surface area (Å²) in [5, 5.41) is 0. The molecule has 0 saturated carbocycles. The van der Waals surface area contributed by atoms with Gasteiger partial charge in [0.25, 0.3) is 5.91 Å². The lowest BCUT2D eigenvalue weighted by Crippen LogP contribution is -2.48. The molecular weight excluding hydrogens is 218 g/mol. The topological polar surface area (TPSA) is 60.5 Å². The van der Waals surface area contributed by atoms with Crippen LogP contribution in [0.4, 0.5) is 5.69 Å². The maximum Gasteiger partial charge on any atom is 0.270 e. The van der Waals surface area contributed by atoms with Gasteiger partial charge in [0.2, 0.25) is 0 Å². The Hall–Kier alpha value is -1.49. The van der Waals surface area contributed by atoms with Crippen molar-refractivity contribution >= 4 is 11.6 Å². The Balaban J connectivity index is 2.17. The van der Waals surface area contributed by atoms with E-state index in [0.29, 0.717) is 24.5 Å². The third kappa shape index (κ3) is 2.44. The number of hydrogen-bond donors (Lipinski definition) is 1. The highest BCUT2D eigenvalue weighted by Crippen LogP contribution is 2.16. The summed E-state index contributed by atoms with van der Waals surface area (Å²) in [6.45, 7) is 5.23. The fourth-order valence-corrected chi connectivity index (χ4v) is 2.31. The zero-order valence-electron chi connectivity index (χ0n) is 10.5. The molecular formula is C12H19N3O2. The first-order valence-electron chi connectivity index (χ1n) is 5.84. The summed E-state index contributed by atoms with van der Waals surface area (Å²) in [5.74, 6) is 0.0196. The normalized spacial score (nSPS) is 25.0. The smallest absolute Gasteiger partial charge is 0.270 e. The van der Waals surface area contributed by atoms with E-state index < -0.39 is 0 Å². The van der Waals surface area contributed by atoms with Crippen LogP contribution in [0.1, 0.15) is 24.3 Å². The minimum Gasteiger partial charge on any atom is -0.397 e. The number of rotatable bonds is 1. The molecule has 1 aliphatic heterocycles. The number of nitrogens with two attached hydrogens (primary N) is 1. The van der Waals surface area contributed by atoms with Gasteiger partial charge in [-0.1, -0.05) is 0 Å². The van der Waals surface area contributed by atoms with Gasteiger partial charge in [-0.2, -0.15) is 0 Å². The predicted molar refractivity (Wildman–Crippen MR) is 65.7 cm³/mol. The Morgan fingerprint density at radius 1 is 1.41 bits per heavy atom. The Kier molecular flexibility index (Phi) is 3.11. The van der Waals surface area contributed by atoms with E-state index in [1.807, 2.05) is 25.8 Å². The largest absolute Gasteiger partial charge is 0.397 e. The highest BCUT2D eigenvalue weighted by Gasteiger charge is 2.27. The van der Waals surface area contributed by atoms with Gasteiger partial charge < -0.3 is 19.9 Å². The van der Waals surface area contributed by atoms with Crippen molar-refractivity contribution in [2.24, 2.45) is 7.05 Å². The molecule has 94 valence electrons. The first-order valence-corrected chi connectivity index (χ1v) is 5.84. The molecule has 17 heavy (non-hydrogen) atoms. The second-order valence-corrected chi connectivity index (χ2v) is 4.74. The fraction of sp³-hybridized carbons (Fsp3) is 0.583. The summed E-state index contributed by atoms with van der Waals surface area (Å²) in [7, 11) is 1.83. The molecule has 1 saturated heterocycles. The fourth-order valence-electron chi connectivity index (χ4n) is 2.31. The van der Waals surface area contributed by atoms with Crippen LogP contribution in [0.2, 0.25) is 0 Å². The number of nitrogen functional groups attached to an aromatic ring is 1. The van der Waals surface area contributed by atoms with Crippen molar-refractivity contribution in [3.63, 3.8) is 0 Å². The molecule has 0 spiro atoms. The Morgan fingerprint density at radius 2 is 2.00 bits per heavy atom. The summed E-state index contributed by atoms with van der Waals surface area (Å²) in [6.07, 6.45) is 1.92. The van der Waals surface area contributed by atoms with Crippen molar-refractivity contribution in [1.29, 1.82) is 0 Å². The lowest BCUT2D eigenvalue weighted by molar-refractivity contribution is -0.0588. The molecule has 0 bridgehead atoms. The number of carbonyl (C=O) groups is 1. The van der Waals surface area contributed by atoms with Crippen LogP contribution in [0.5, 0.6) is 0 Å². The van der Waals surface area contributed by atoms with Crippen LogP contribution in [-0.4, -0.2) is 40.7 Å². The Bertz CT molecular complexity index is 417. The van der Waals surface area contributed by atoms with Gasteiger partial charge in [0.05, 0.1) is 17.9 Å². The number of amides is 1. The van der Waals surface area contributed by atoms with Crippen LogP contribution < -0.4 is 5.73 Å². The van der Waals surface area contributed by atoms with E-state index in [1.165, 1.54) is 0 Å². The second kappa shape index (κ2) is 4.41. The summed E-state index contributed by atoms with van der Waals surface area (Å²) >= 11 is 0. The molecule has 1 aromatic heterocycles. The van der Waals surface area contributed by atoms with Crippen molar-refractivity contribution in [2.75, 3.05) is 18.8 Å². The van der Waals surface area contributed by atoms with E-state index in [0.717, 1.165) is 0 Å². The van der Waals surface area contributed by atoms with Crippen LogP contribution in [-0.2, 0) is 11.8 Å². The first kappa shape index (κ1) is 12.0. The zero-order valence-corrected chi connectivity index (χ0v) is 10.5. The molecule has 1 fully saturated rings. The maximum absolute atomic E-state index is 12.3. The molecule has 2 atom stereocenters. The lowest BCUT2D eigenvalue weighted by atomic mass is 10.2. The van der Waals surface area contributed by atoms with E-state index in [4.69, 9.17) is 10.5 Å². The van der Waals surface area contributed by atoms with Crippen molar-refractivity contribution in [1.82, 2.24) is 9.47 Å². The molecule has 0 aromatic carbocycles. The van der Waals surface area contributed by atoms with Gasteiger partial charge in [0.1, 0.15) is 5.69 Å². The molecule has 2 heterocycles. The van der Waals surface area contributed by atoms with Crippen molar-refractivity contribution in [2.45, 2.75) is 26.1 Å². The number of nitrogens with zero attached hydrogens (tertiary/aromatic N) is 2. The van der Waals surface area contributed by atoms with Crippen molar-refractivity contribution in [3.8, 4) is 0 Å². The highest BCUT2D eigenvalue weighted by atomic mass is 16.5. The molecule has 1 aromatic rings. The Morgan fingerprint density at radius 3 is 2.47 bits per heavy atom. The van der Waals surface area contributed by atoms with Gasteiger partial charge in [0.15, 0.2) is 0 Å². The number of hydrogen-bond acceptors (Lipinski definition) is 3. The Labute approximate surface area is 101 Å². The lowest BCUT2D eigenvalue weighted by Gasteiger charge is -2.35. The maximum atomic E-state index is 12.3. The number of anilines is 1. The van der Waals surface area contributed by atoms with E-state index in [1.54, 1.807) is 16.8 Å². The zero-order chi connectivity index (χ0) is 12.6. The summed E-state index contributed by atoms with van der Waals surface area (Å²) in [6, 6.07) is 1.72. The van der Waals surface area contributed by atoms with Crippen LogP contribution >= 0.6 is 0 Å². The summed E-state index contributed by atoms with van der Waals surface area (Å²) in [5.41, 5.74) is 6.93. The molecule has 1 aliphatic rings. The molecule has 5 nitrogen and oxygen atoms in total. The summed E-state index contributed by atoms with van der Waals surface area (Å²) < 4.78 is 7.38. The van der Waals surface area contributed by atoms with E-state index in [-0.39, 0.29) is 18.1 Å². The van der Waals surface area contributed by atoms with Crippen LogP contribution in [0.25, 0.3) is 0 Å². The monoisotopic (exact) mass is 237 g/mol. The van der Waals surface area contributed by atoms with Gasteiger partial charge in [-0.05, 0) is 19.9 Å². The molecule has 0 aliphatic carbocycles. The number of morpholine rings is 1. The van der Waals surface area contributed by atoms with Gasteiger partial charge in [-0.25, -0.2) is 0 Å². The molecule has 2 N–H and O–H groups in total. The summed E-state index contributed by atoms with van der Waals surface area (Å²) in [4.78, 5) is 14.1. The number of ether oxygens (including phenoxy) is 1. The molecule has 1 amide bonds. The van der Waals surface area contributed by atoms with Gasteiger partial charge in [-0.3, -0.25) is 4.79 Å². The third-order valence-corrected chi connectivity index (χ3v) is 2.95. The van der Waals surface area contributed by atoms with Crippen molar-refractivity contribution < 1.29 is 9.53 Å². The molecule has 2 rings (SSSR count). The standard InChI is InChI=1S/C12H19N3O2/c1-8-5-15(6-9(2)17-8)12(16)11-4-10(13)7-14(11)3/h4,7-9H,5-6,13H2,1-3H3/t8-,9+. The second-order valence-electron chi connectivity index (χ2n) is 4.74. The number of carbonyl (C=O) groups excluding carboxylic acids is 1. The minimum absolute atomic E-state index is 0.0196. The van der Waals surface area contributed by atoms with Crippen LogP contribution in [0.15, 0.2) is 12.3 Å². The van der Waals surface area contributed by atoms with Gasteiger partial charge in [-0.15, -0.1) is 0 Å². The predicted octanol–water partition coefficient (Wildman–Crippen LogP) is 0.857. The van der Waals surface area contributed by atoms with E-state index in [9.17, 15) is 4.79 Å². The number of aryl methyl sites for hydroxylation is 1. The highest BCUT2D eigenvalue weighted by molar-refractivity contribution is 5.93. The van der Waals surface area contributed by atoms with Gasteiger partial charge in [0, 0.05) is 26.3 Å². The first-order chi connectivity index (χ1) is 7.97.